The van der Waals surface area contributed by atoms with Crippen LogP contribution < -0.4 is 14.2 Å². The minimum Gasteiger partial charge on any atom is -0.491 e. The molecule has 0 amide bonds. The highest BCUT2D eigenvalue weighted by Gasteiger charge is 2.56. The topological polar surface area (TPSA) is 43.3 Å². The van der Waals surface area contributed by atoms with Crippen LogP contribution in [0.15, 0.2) is 53.2 Å². The van der Waals surface area contributed by atoms with Gasteiger partial charge in [0.2, 0.25) is 0 Å². The van der Waals surface area contributed by atoms with Crippen molar-refractivity contribution in [2.24, 2.45) is 4.99 Å². The number of rotatable bonds is 3. The smallest absolute Gasteiger partial charge is 0.165 e. The molecule has 5 heteroatoms. The minimum absolute atomic E-state index is 0.430. The highest BCUT2D eigenvalue weighted by Crippen LogP contribution is 2.55. The summed E-state index contributed by atoms with van der Waals surface area (Å²) in [4.78, 5) is 7.20. The summed E-state index contributed by atoms with van der Waals surface area (Å²) in [6.07, 6.45) is 6.07. The van der Waals surface area contributed by atoms with Gasteiger partial charge in [0.15, 0.2) is 11.5 Å². The van der Waals surface area contributed by atoms with E-state index in [4.69, 9.17) is 19.2 Å². The molecule has 1 aromatic carbocycles. The number of aliphatic imine (C=N–C) groups is 1. The molecule has 0 bridgehead atoms. The quantitative estimate of drug-likeness (QED) is 0.730. The van der Waals surface area contributed by atoms with Crippen molar-refractivity contribution in [1.82, 2.24) is 4.90 Å². The molecule has 0 radical (unpaired) electrons. The molecular formula is C24H32N2O3. The lowest BCUT2D eigenvalue weighted by Crippen LogP contribution is -2.40. The minimum atomic E-state index is -0.430. The molecule has 1 aromatic rings. The lowest BCUT2D eigenvalue weighted by molar-refractivity contribution is 0.171. The van der Waals surface area contributed by atoms with Crippen LogP contribution in [0.1, 0.15) is 40.2 Å². The third kappa shape index (κ3) is 3.13. The summed E-state index contributed by atoms with van der Waals surface area (Å²) in [5, 5.41) is 0. The Morgan fingerprint density at radius 1 is 1.10 bits per heavy atom. The highest BCUT2D eigenvalue weighted by molar-refractivity contribution is 6.04. The van der Waals surface area contributed by atoms with Gasteiger partial charge in [-0.3, -0.25) is 4.99 Å². The molecule has 1 atom stereocenters. The Labute approximate surface area is 174 Å². The summed E-state index contributed by atoms with van der Waals surface area (Å²) < 4.78 is 17.8. The van der Waals surface area contributed by atoms with Crippen molar-refractivity contribution in [3.8, 4) is 17.2 Å². The largest absolute Gasteiger partial charge is 0.491 e. The molecule has 1 unspecified atom stereocenters. The standard InChI is InChI=1S/C22H26N2O3.C2H6/c1-5-9-17-15(6-2)22(21(23-7-3)24(17)8-4)14-27-18-13-20-19(12-16(18)22)25-10-11-26-20;1-2/h5-6,9,12-13H,1,7-8,10-11,14H2,2-4H3;1-2H3/b15-6+,17-9+,23-21?;. The van der Waals surface area contributed by atoms with Gasteiger partial charge in [-0.25, -0.2) is 0 Å². The molecule has 1 saturated heterocycles. The Kier molecular flexibility index (Phi) is 6.36. The Hall–Kier alpha value is -2.69. The van der Waals surface area contributed by atoms with Gasteiger partial charge in [-0.05, 0) is 38.5 Å². The molecule has 0 saturated carbocycles. The molecule has 4 rings (SSSR count). The first-order valence-corrected chi connectivity index (χ1v) is 10.6. The SMILES string of the molecule is C=C/C=C1\C(=C/C)C2(COc3cc4c(cc32)OCCO4)C(=NCC)N1CC.CC. The molecule has 1 spiro atoms. The number of amidine groups is 1. The summed E-state index contributed by atoms with van der Waals surface area (Å²) >= 11 is 0. The van der Waals surface area contributed by atoms with Crippen LogP contribution in [-0.2, 0) is 5.41 Å². The number of hydrogen-bond acceptors (Lipinski definition) is 4. The van der Waals surface area contributed by atoms with Crippen LogP contribution in [0, 0.1) is 0 Å². The van der Waals surface area contributed by atoms with Gasteiger partial charge in [0, 0.05) is 30.4 Å². The number of allylic oxidation sites excluding steroid dienone is 4. The number of likely N-dealkylation sites (N-methyl/N-ethyl adjacent to an activating group) is 1. The molecule has 0 N–H and O–H groups in total. The van der Waals surface area contributed by atoms with E-state index in [1.807, 2.05) is 26.0 Å². The molecule has 3 aliphatic heterocycles. The monoisotopic (exact) mass is 396 g/mol. The first-order valence-electron chi connectivity index (χ1n) is 10.6. The van der Waals surface area contributed by atoms with E-state index in [-0.39, 0.29) is 0 Å². The number of ether oxygens (including phenoxy) is 3. The maximum absolute atomic E-state index is 6.19. The predicted molar refractivity (Wildman–Crippen MR) is 118 cm³/mol. The van der Waals surface area contributed by atoms with E-state index in [1.54, 1.807) is 0 Å². The van der Waals surface area contributed by atoms with Gasteiger partial charge in [0.05, 0.1) is 0 Å². The zero-order chi connectivity index (χ0) is 21.0. The Morgan fingerprint density at radius 2 is 1.79 bits per heavy atom. The Bertz CT molecular complexity index is 869. The number of nitrogens with zero attached hydrogens (tertiary/aromatic N) is 2. The number of likely N-dealkylation sites (tertiary alicyclic amines) is 1. The van der Waals surface area contributed by atoms with Crippen LogP contribution in [0.25, 0.3) is 0 Å². The average molecular weight is 397 g/mol. The van der Waals surface area contributed by atoms with E-state index >= 15 is 0 Å². The van der Waals surface area contributed by atoms with Crippen molar-refractivity contribution in [3.63, 3.8) is 0 Å². The fourth-order valence-corrected chi connectivity index (χ4v) is 4.40. The van der Waals surface area contributed by atoms with Gasteiger partial charge in [-0.15, -0.1) is 0 Å². The maximum atomic E-state index is 6.19. The summed E-state index contributed by atoms with van der Waals surface area (Å²) in [6, 6.07) is 4.04. The Morgan fingerprint density at radius 3 is 2.38 bits per heavy atom. The molecule has 1 fully saturated rings. The number of benzene rings is 1. The van der Waals surface area contributed by atoms with Crippen LogP contribution in [0.4, 0.5) is 0 Å². The van der Waals surface area contributed by atoms with E-state index in [0.717, 1.165) is 40.9 Å². The second-order valence-corrected chi connectivity index (χ2v) is 6.72. The van der Waals surface area contributed by atoms with Gasteiger partial charge in [-0.1, -0.05) is 32.6 Å². The second kappa shape index (κ2) is 8.76. The molecule has 3 heterocycles. The van der Waals surface area contributed by atoms with Crippen molar-refractivity contribution >= 4 is 5.84 Å². The van der Waals surface area contributed by atoms with E-state index in [0.29, 0.717) is 26.4 Å². The van der Waals surface area contributed by atoms with Crippen molar-refractivity contribution < 1.29 is 14.2 Å². The van der Waals surface area contributed by atoms with Crippen LogP contribution in [0.2, 0.25) is 0 Å². The number of fused-ring (bicyclic) bond motifs is 3. The second-order valence-electron chi connectivity index (χ2n) is 6.72. The van der Waals surface area contributed by atoms with Crippen molar-refractivity contribution in [1.29, 1.82) is 0 Å². The van der Waals surface area contributed by atoms with Gasteiger partial charge in [0.1, 0.15) is 36.8 Å². The van der Waals surface area contributed by atoms with Gasteiger partial charge < -0.3 is 19.1 Å². The predicted octanol–water partition coefficient (Wildman–Crippen LogP) is 4.88. The summed E-state index contributed by atoms with van der Waals surface area (Å²) in [5.41, 5.74) is 3.00. The van der Waals surface area contributed by atoms with Crippen molar-refractivity contribution in [3.05, 3.63) is 53.8 Å². The number of hydrogen-bond donors (Lipinski definition) is 0. The third-order valence-corrected chi connectivity index (χ3v) is 5.40. The van der Waals surface area contributed by atoms with E-state index in [9.17, 15) is 0 Å². The van der Waals surface area contributed by atoms with E-state index in [1.165, 1.54) is 5.57 Å². The zero-order valence-corrected chi connectivity index (χ0v) is 18.2. The average Bonchev–Trinajstić information content (AvgIpc) is 3.24. The molecule has 0 aromatic heterocycles. The third-order valence-electron chi connectivity index (χ3n) is 5.40. The first kappa shape index (κ1) is 21.0. The highest BCUT2D eigenvalue weighted by atomic mass is 16.6. The lowest BCUT2D eigenvalue weighted by Gasteiger charge is -2.27. The summed E-state index contributed by atoms with van der Waals surface area (Å²) in [6.45, 7) is 17.4. The van der Waals surface area contributed by atoms with Gasteiger partial charge in [0.25, 0.3) is 0 Å². The van der Waals surface area contributed by atoms with Crippen LogP contribution >= 0.6 is 0 Å². The summed E-state index contributed by atoms with van der Waals surface area (Å²) in [7, 11) is 0. The summed E-state index contributed by atoms with van der Waals surface area (Å²) in [5.74, 6) is 3.41. The molecule has 5 nitrogen and oxygen atoms in total. The normalized spacial score (nSPS) is 25.8. The van der Waals surface area contributed by atoms with E-state index in [2.05, 4.69) is 50.5 Å². The first-order chi connectivity index (χ1) is 14.2. The molecule has 0 aliphatic carbocycles. The Balaban J connectivity index is 0.00000117. The maximum Gasteiger partial charge on any atom is 0.165 e. The van der Waals surface area contributed by atoms with Gasteiger partial charge in [-0.2, -0.15) is 0 Å². The van der Waals surface area contributed by atoms with Gasteiger partial charge >= 0.3 is 0 Å². The zero-order valence-electron chi connectivity index (χ0n) is 18.2. The van der Waals surface area contributed by atoms with Crippen LogP contribution in [-0.4, -0.2) is 43.6 Å². The molecule has 156 valence electrons. The fraction of sp³-hybridized carbons (Fsp3) is 0.458. The van der Waals surface area contributed by atoms with E-state index < -0.39 is 5.41 Å². The lowest BCUT2D eigenvalue weighted by atomic mass is 9.75. The van der Waals surface area contributed by atoms with Crippen molar-refractivity contribution in [2.75, 3.05) is 32.9 Å². The molecular weight excluding hydrogens is 364 g/mol. The van der Waals surface area contributed by atoms with Crippen molar-refractivity contribution in [2.45, 2.75) is 40.0 Å². The van der Waals surface area contributed by atoms with Crippen LogP contribution in [0.5, 0.6) is 17.2 Å². The molecule has 3 aliphatic rings. The molecule has 29 heavy (non-hydrogen) atoms. The van der Waals surface area contributed by atoms with Crippen LogP contribution in [0.3, 0.4) is 0 Å². The fourth-order valence-electron chi connectivity index (χ4n) is 4.40.